The summed E-state index contributed by atoms with van der Waals surface area (Å²) in [6, 6.07) is 12.3. The summed E-state index contributed by atoms with van der Waals surface area (Å²) in [6.07, 6.45) is 0.811. The number of rotatable bonds is 4. The fourth-order valence-corrected chi connectivity index (χ4v) is 3.11. The first kappa shape index (κ1) is 17.8. The lowest BCUT2D eigenvalue weighted by molar-refractivity contribution is -0.126. The molecule has 1 unspecified atom stereocenters. The maximum Gasteiger partial charge on any atom is 0.342 e. The number of nitrogens with zero attached hydrogens (tertiary/aromatic N) is 1. The van der Waals surface area contributed by atoms with Gasteiger partial charge in [0.15, 0.2) is 17.6 Å². The Bertz CT molecular complexity index is 833. The van der Waals surface area contributed by atoms with Crippen molar-refractivity contribution in [3.63, 3.8) is 0 Å². The molecule has 0 fully saturated rings. The molecule has 0 radical (unpaired) electrons. The number of amides is 1. The number of anilines is 1. The first-order valence-electron chi connectivity index (χ1n) is 8.49. The van der Waals surface area contributed by atoms with Gasteiger partial charge < -0.3 is 19.5 Å². The topological polar surface area (TPSA) is 76.1 Å². The van der Waals surface area contributed by atoms with Gasteiger partial charge in [0.05, 0.1) is 7.11 Å². The number of aromatic hydroxyl groups is 1. The van der Waals surface area contributed by atoms with Crippen LogP contribution >= 0.6 is 0 Å². The van der Waals surface area contributed by atoms with E-state index in [1.165, 1.54) is 26.2 Å². The van der Waals surface area contributed by atoms with Gasteiger partial charge in [0.2, 0.25) is 0 Å². The minimum absolute atomic E-state index is 0.0388. The van der Waals surface area contributed by atoms with Crippen molar-refractivity contribution < 1.29 is 24.2 Å². The number of carbonyl (C=O) groups excluding carboxylic acids is 2. The number of fused-ring (bicyclic) bond motifs is 1. The predicted molar refractivity (Wildman–Crippen MR) is 96.7 cm³/mol. The molecule has 0 bridgehead atoms. The third kappa shape index (κ3) is 3.35. The second kappa shape index (κ2) is 7.47. The van der Waals surface area contributed by atoms with Crippen molar-refractivity contribution in [3.05, 3.63) is 53.6 Å². The van der Waals surface area contributed by atoms with Gasteiger partial charge in [-0.3, -0.25) is 4.79 Å². The van der Waals surface area contributed by atoms with Crippen molar-refractivity contribution in [2.24, 2.45) is 0 Å². The molecule has 0 saturated heterocycles. The van der Waals surface area contributed by atoms with Crippen LogP contribution in [0, 0.1) is 0 Å². The summed E-state index contributed by atoms with van der Waals surface area (Å²) in [5.74, 6) is -1.19. The Kier molecular flexibility index (Phi) is 5.11. The Labute approximate surface area is 152 Å². The van der Waals surface area contributed by atoms with Crippen LogP contribution in [0.1, 0.15) is 29.3 Å². The summed E-state index contributed by atoms with van der Waals surface area (Å²) in [5.41, 5.74) is 1.93. The van der Waals surface area contributed by atoms with Gasteiger partial charge in [-0.2, -0.15) is 0 Å². The molecule has 1 amide bonds. The highest BCUT2D eigenvalue weighted by Gasteiger charge is 2.29. The lowest BCUT2D eigenvalue weighted by Crippen LogP contribution is -2.42. The normalized spacial score (nSPS) is 14.3. The van der Waals surface area contributed by atoms with Crippen molar-refractivity contribution in [1.82, 2.24) is 0 Å². The minimum atomic E-state index is -0.973. The number of hydrogen-bond donors (Lipinski definition) is 1. The number of phenolic OH excluding ortho intramolecular Hbond substituents is 1. The van der Waals surface area contributed by atoms with Gasteiger partial charge in [-0.05, 0) is 43.5 Å². The van der Waals surface area contributed by atoms with Crippen LogP contribution in [-0.2, 0) is 16.0 Å². The van der Waals surface area contributed by atoms with Crippen molar-refractivity contribution in [1.29, 1.82) is 0 Å². The average Bonchev–Trinajstić information content (AvgIpc) is 2.67. The number of esters is 1. The van der Waals surface area contributed by atoms with E-state index in [1.807, 2.05) is 24.3 Å². The number of ether oxygens (including phenoxy) is 2. The van der Waals surface area contributed by atoms with Crippen LogP contribution < -0.4 is 9.64 Å². The summed E-state index contributed by atoms with van der Waals surface area (Å²) in [4.78, 5) is 26.8. The number of methoxy groups -OCH3 is 1. The second-order valence-corrected chi connectivity index (χ2v) is 6.13. The van der Waals surface area contributed by atoms with E-state index in [1.54, 1.807) is 11.0 Å². The molecule has 0 aliphatic carbocycles. The van der Waals surface area contributed by atoms with E-state index in [0.29, 0.717) is 6.54 Å². The van der Waals surface area contributed by atoms with Gasteiger partial charge in [-0.25, -0.2) is 4.79 Å². The van der Waals surface area contributed by atoms with E-state index < -0.39 is 12.1 Å². The highest BCUT2D eigenvalue weighted by atomic mass is 16.5. The van der Waals surface area contributed by atoms with Crippen molar-refractivity contribution in [2.45, 2.75) is 25.9 Å². The highest BCUT2D eigenvalue weighted by molar-refractivity contribution is 6.00. The molecule has 1 aliphatic rings. The third-order valence-corrected chi connectivity index (χ3v) is 4.45. The van der Waals surface area contributed by atoms with Crippen LogP contribution in [0.5, 0.6) is 11.5 Å². The van der Waals surface area contributed by atoms with Crippen molar-refractivity contribution in [3.8, 4) is 11.5 Å². The third-order valence-electron chi connectivity index (χ3n) is 4.45. The molecular formula is C20H21NO5. The Balaban J connectivity index is 1.75. The molecule has 2 aromatic rings. The van der Waals surface area contributed by atoms with E-state index in [2.05, 4.69) is 0 Å². The Hall–Kier alpha value is -3.02. The highest BCUT2D eigenvalue weighted by Crippen LogP contribution is 2.31. The molecular weight excluding hydrogens is 334 g/mol. The van der Waals surface area contributed by atoms with E-state index in [0.717, 1.165) is 24.1 Å². The van der Waals surface area contributed by atoms with Gasteiger partial charge in [0.1, 0.15) is 5.56 Å². The molecule has 1 aliphatic heterocycles. The first-order valence-corrected chi connectivity index (χ1v) is 8.49. The van der Waals surface area contributed by atoms with Gasteiger partial charge in [0, 0.05) is 12.2 Å². The molecule has 1 N–H and O–H groups in total. The molecule has 1 heterocycles. The van der Waals surface area contributed by atoms with Crippen molar-refractivity contribution in [2.75, 3.05) is 18.6 Å². The maximum atomic E-state index is 12.8. The van der Waals surface area contributed by atoms with E-state index in [4.69, 9.17) is 9.47 Å². The summed E-state index contributed by atoms with van der Waals surface area (Å²) >= 11 is 0. The molecule has 6 nitrogen and oxygen atoms in total. The van der Waals surface area contributed by atoms with Gasteiger partial charge >= 0.3 is 5.97 Å². The standard InChI is InChI=1S/C20H21NO5/c1-13(26-20(24)15-9-5-11-17(25-2)18(15)22)19(23)21-12-6-8-14-7-3-4-10-16(14)21/h3-5,7,9-11,13,22H,6,8,12H2,1-2H3. The molecule has 0 saturated carbocycles. The smallest absolute Gasteiger partial charge is 0.342 e. The van der Waals surface area contributed by atoms with Crippen LogP contribution in [0.25, 0.3) is 0 Å². The van der Waals surface area contributed by atoms with Gasteiger partial charge in [-0.15, -0.1) is 0 Å². The molecule has 3 rings (SSSR count). The number of aryl methyl sites for hydroxylation is 1. The SMILES string of the molecule is COc1cccc(C(=O)OC(C)C(=O)N2CCCc3ccccc32)c1O. The molecule has 136 valence electrons. The number of hydrogen-bond acceptors (Lipinski definition) is 5. The van der Waals surface area contributed by atoms with Crippen LogP contribution in [0.2, 0.25) is 0 Å². The quantitative estimate of drug-likeness (QED) is 0.854. The lowest BCUT2D eigenvalue weighted by Gasteiger charge is -2.31. The Morgan fingerprint density at radius 1 is 1.15 bits per heavy atom. The van der Waals surface area contributed by atoms with Gasteiger partial charge in [0.25, 0.3) is 5.91 Å². The molecule has 1 atom stereocenters. The molecule has 6 heteroatoms. The summed E-state index contributed by atoms with van der Waals surface area (Å²) in [6.45, 7) is 2.12. The van der Waals surface area contributed by atoms with Crippen LogP contribution in [0.3, 0.4) is 0 Å². The lowest BCUT2D eigenvalue weighted by atomic mass is 10.0. The van der Waals surface area contributed by atoms with Crippen molar-refractivity contribution >= 4 is 17.6 Å². The number of para-hydroxylation sites is 2. The minimum Gasteiger partial charge on any atom is -0.504 e. The monoisotopic (exact) mass is 355 g/mol. The fraction of sp³-hybridized carbons (Fsp3) is 0.300. The van der Waals surface area contributed by atoms with E-state index >= 15 is 0 Å². The Morgan fingerprint density at radius 2 is 1.92 bits per heavy atom. The van der Waals surface area contributed by atoms with Crippen LogP contribution in [0.4, 0.5) is 5.69 Å². The average molecular weight is 355 g/mol. The first-order chi connectivity index (χ1) is 12.5. The number of benzene rings is 2. The predicted octanol–water partition coefficient (Wildman–Crippen LogP) is 2.93. The number of phenols is 1. The van der Waals surface area contributed by atoms with Crippen LogP contribution in [-0.4, -0.2) is 36.7 Å². The summed E-state index contributed by atoms with van der Waals surface area (Å²) in [7, 11) is 1.39. The molecule has 0 aromatic heterocycles. The zero-order chi connectivity index (χ0) is 18.7. The molecule has 2 aromatic carbocycles. The summed E-state index contributed by atoms with van der Waals surface area (Å²) < 4.78 is 10.3. The largest absolute Gasteiger partial charge is 0.504 e. The van der Waals surface area contributed by atoms with Crippen LogP contribution in [0.15, 0.2) is 42.5 Å². The Morgan fingerprint density at radius 3 is 2.69 bits per heavy atom. The molecule has 0 spiro atoms. The molecule has 26 heavy (non-hydrogen) atoms. The summed E-state index contributed by atoms with van der Waals surface area (Å²) in [5, 5.41) is 10.1. The van der Waals surface area contributed by atoms with E-state index in [-0.39, 0.29) is 23.0 Å². The maximum absolute atomic E-state index is 12.8. The second-order valence-electron chi connectivity index (χ2n) is 6.13. The zero-order valence-corrected chi connectivity index (χ0v) is 14.8. The van der Waals surface area contributed by atoms with E-state index in [9.17, 15) is 14.7 Å². The van der Waals surface area contributed by atoms with Gasteiger partial charge in [-0.1, -0.05) is 24.3 Å². The zero-order valence-electron chi connectivity index (χ0n) is 14.8. The number of carbonyl (C=O) groups is 2. The fourth-order valence-electron chi connectivity index (χ4n) is 3.11.